The lowest BCUT2D eigenvalue weighted by molar-refractivity contribution is -0.545. The van der Waals surface area contributed by atoms with Gasteiger partial charge in [-0.1, -0.05) is 62.4 Å². The van der Waals surface area contributed by atoms with Gasteiger partial charge in [0.15, 0.2) is 23.8 Å². The third kappa shape index (κ3) is 5.92. The Kier molecular flexibility index (Phi) is 10.0. The van der Waals surface area contributed by atoms with Gasteiger partial charge < -0.3 is 21.9 Å². The first kappa shape index (κ1) is 24.6. The molecule has 164 valence electrons. The molecule has 0 saturated carbocycles. The number of nitrogens with zero attached hydrogens (tertiary/aromatic N) is 1. The van der Waals surface area contributed by atoms with Gasteiger partial charge in [-0.05, 0) is 30.2 Å². The molecule has 1 aliphatic rings. The van der Waals surface area contributed by atoms with E-state index >= 15 is 0 Å². The van der Waals surface area contributed by atoms with Gasteiger partial charge in [-0.15, -0.1) is 0 Å². The van der Waals surface area contributed by atoms with Crippen molar-refractivity contribution >= 4 is 17.3 Å². The molecule has 0 unspecified atom stereocenters. The Morgan fingerprint density at radius 3 is 2.37 bits per heavy atom. The number of fused-ring (bicyclic) bond motifs is 1. The number of hydrogen-bond acceptors (Lipinski definition) is 2. The Morgan fingerprint density at radius 1 is 0.967 bits per heavy atom. The largest absolute Gasteiger partial charge is 1.00 e. The van der Waals surface area contributed by atoms with E-state index in [4.69, 9.17) is 21.1 Å². The maximum atomic E-state index is 6.47. The SMILES string of the molecule is CCCCCCCC1=[N+](Cc2ccccc2Cl)CCc2cc(OC)c(OC)cc21.[Cl-]. The van der Waals surface area contributed by atoms with Crippen molar-refractivity contribution in [3.05, 3.63) is 58.1 Å². The predicted molar refractivity (Wildman–Crippen MR) is 121 cm³/mol. The summed E-state index contributed by atoms with van der Waals surface area (Å²) in [4.78, 5) is 0. The Bertz CT molecular complexity index is 864. The van der Waals surface area contributed by atoms with Crippen molar-refractivity contribution in [3.8, 4) is 11.5 Å². The highest BCUT2D eigenvalue weighted by molar-refractivity contribution is 6.31. The molecule has 3 rings (SSSR count). The Labute approximate surface area is 192 Å². The lowest BCUT2D eigenvalue weighted by atomic mass is 9.92. The Hall–Kier alpha value is -1.71. The number of halogens is 2. The standard InChI is InChI=1S/C25H33ClNO2.ClH/c1-4-5-6-7-8-13-23-21-17-25(29-3)24(28-2)16-19(21)14-15-27(23)18-20-11-9-10-12-22(20)26;/h9-12,16-17H,4-8,13-15,18H2,1-3H3;1H/q+1;/p-1. The molecule has 0 saturated heterocycles. The zero-order valence-corrected chi connectivity index (χ0v) is 19.9. The molecule has 2 aromatic carbocycles. The fraction of sp³-hybridized carbons (Fsp3) is 0.480. The fourth-order valence-corrected chi connectivity index (χ4v) is 4.35. The second-order valence-electron chi connectivity index (χ2n) is 7.74. The number of unbranched alkanes of at least 4 members (excludes halogenated alkanes) is 4. The molecule has 0 N–H and O–H groups in total. The maximum Gasteiger partial charge on any atom is 0.184 e. The normalized spacial score (nSPS) is 12.9. The van der Waals surface area contributed by atoms with Crippen molar-refractivity contribution in [3.63, 3.8) is 0 Å². The van der Waals surface area contributed by atoms with E-state index in [1.807, 2.05) is 12.1 Å². The molecule has 0 aromatic heterocycles. The first-order chi connectivity index (χ1) is 14.2. The van der Waals surface area contributed by atoms with Crippen molar-refractivity contribution in [1.29, 1.82) is 0 Å². The van der Waals surface area contributed by atoms with Gasteiger partial charge >= 0.3 is 0 Å². The summed E-state index contributed by atoms with van der Waals surface area (Å²) in [6.45, 7) is 4.10. The van der Waals surface area contributed by atoms with Gasteiger partial charge in [0.05, 0.1) is 19.2 Å². The summed E-state index contributed by atoms with van der Waals surface area (Å²) < 4.78 is 13.6. The van der Waals surface area contributed by atoms with Gasteiger partial charge in [-0.2, -0.15) is 0 Å². The molecule has 0 fully saturated rings. The van der Waals surface area contributed by atoms with Crippen LogP contribution >= 0.6 is 11.6 Å². The zero-order valence-electron chi connectivity index (χ0n) is 18.3. The van der Waals surface area contributed by atoms with Gasteiger partial charge in [0.2, 0.25) is 0 Å². The van der Waals surface area contributed by atoms with E-state index in [1.54, 1.807) is 14.2 Å². The van der Waals surface area contributed by atoms with Crippen LogP contribution in [0.3, 0.4) is 0 Å². The smallest absolute Gasteiger partial charge is 0.184 e. The van der Waals surface area contributed by atoms with E-state index in [1.165, 1.54) is 54.5 Å². The monoisotopic (exact) mass is 449 g/mol. The molecule has 0 spiro atoms. The third-order valence-corrected chi connectivity index (χ3v) is 6.16. The maximum absolute atomic E-state index is 6.47. The predicted octanol–water partition coefficient (Wildman–Crippen LogP) is 3.28. The van der Waals surface area contributed by atoms with Crippen molar-refractivity contribution in [2.75, 3.05) is 20.8 Å². The van der Waals surface area contributed by atoms with Gasteiger partial charge in [-0.25, -0.2) is 4.58 Å². The van der Waals surface area contributed by atoms with E-state index in [0.29, 0.717) is 0 Å². The number of ether oxygens (including phenoxy) is 2. The molecule has 5 heteroatoms. The van der Waals surface area contributed by atoms with Crippen LogP contribution in [0.2, 0.25) is 5.02 Å². The Balaban J connectivity index is 0.00000320. The van der Waals surface area contributed by atoms with E-state index in [9.17, 15) is 0 Å². The van der Waals surface area contributed by atoms with Crippen LogP contribution in [0, 0.1) is 0 Å². The molecule has 30 heavy (non-hydrogen) atoms. The van der Waals surface area contributed by atoms with Crippen molar-refractivity contribution in [2.24, 2.45) is 0 Å². The first-order valence-electron chi connectivity index (χ1n) is 10.8. The number of rotatable bonds is 10. The molecule has 0 radical (unpaired) electrons. The average molecular weight is 450 g/mol. The molecule has 0 bridgehead atoms. The van der Waals surface area contributed by atoms with Crippen LogP contribution in [0.15, 0.2) is 36.4 Å². The summed E-state index contributed by atoms with van der Waals surface area (Å²) in [6.07, 6.45) is 8.47. The molecule has 1 heterocycles. The summed E-state index contributed by atoms with van der Waals surface area (Å²) >= 11 is 6.47. The van der Waals surface area contributed by atoms with Crippen molar-refractivity contribution < 1.29 is 26.5 Å². The highest BCUT2D eigenvalue weighted by Crippen LogP contribution is 2.33. The summed E-state index contributed by atoms with van der Waals surface area (Å²) in [7, 11) is 3.41. The van der Waals surface area contributed by atoms with Crippen LogP contribution in [0.5, 0.6) is 11.5 Å². The molecule has 0 aliphatic carbocycles. The van der Waals surface area contributed by atoms with Crippen molar-refractivity contribution in [1.82, 2.24) is 0 Å². The summed E-state index contributed by atoms with van der Waals surface area (Å²) in [5.41, 5.74) is 5.24. The average Bonchev–Trinajstić information content (AvgIpc) is 2.75. The summed E-state index contributed by atoms with van der Waals surface area (Å²) in [5.74, 6) is 1.61. The summed E-state index contributed by atoms with van der Waals surface area (Å²) in [5, 5.41) is 0.841. The quantitative estimate of drug-likeness (QED) is 0.409. The molecular formula is C25H33Cl2NO2. The zero-order chi connectivity index (χ0) is 20.6. The highest BCUT2D eigenvalue weighted by Gasteiger charge is 2.28. The lowest BCUT2D eigenvalue weighted by Gasteiger charge is -2.21. The molecule has 0 amide bonds. The molecule has 3 nitrogen and oxygen atoms in total. The van der Waals surface area contributed by atoms with Crippen LogP contribution in [-0.4, -0.2) is 31.1 Å². The van der Waals surface area contributed by atoms with Gasteiger partial charge in [-0.3, -0.25) is 0 Å². The van der Waals surface area contributed by atoms with Crippen LogP contribution in [0.4, 0.5) is 0 Å². The van der Waals surface area contributed by atoms with Crippen molar-refractivity contribution in [2.45, 2.75) is 58.4 Å². The van der Waals surface area contributed by atoms with E-state index in [0.717, 1.165) is 42.5 Å². The van der Waals surface area contributed by atoms with E-state index in [2.05, 4.69) is 35.8 Å². The number of methoxy groups -OCH3 is 2. The fourth-order valence-electron chi connectivity index (χ4n) is 4.15. The minimum Gasteiger partial charge on any atom is -1.00 e. The molecule has 2 aromatic rings. The number of benzene rings is 2. The molecular weight excluding hydrogens is 417 g/mol. The van der Waals surface area contributed by atoms with Gasteiger partial charge in [0.25, 0.3) is 0 Å². The van der Waals surface area contributed by atoms with Crippen LogP contribution in [0.1, 0.15) is 62.1 Å². The van der Waals surface area contributed by atoms with Gasteiger partial charge in [0, 0.05) is 24.0 Å². The van der Waals surface area contributed by atoms with E-state index < -0.39 is 0 Å². The second kappa shape index (κ2) is 12.2. The molecule has 1 aliphatic heterocycles. The van der Waals surface area contributed by atoms with Gasteiger partial charge in [0.1, 0.15) is 6.54 Å². The highest BCUT2D eigenvalue weighted by atomic mass is 35.5. The number of hydrogen-bond donors (Lipinski definition) is 0. The van der Waals surface area contributed by atoms with Crippen LogP contribution < -0.4 is 21.9 Å². The first-order valence-corrected chi connectivity index (χ1v) is 11.1. The van der Waals surface area contributed by atoms with Crippen LogP contribution in [0.25, 0.3) is 0 Å². The third-order valence-electron chi connectivity index (χ3n) is 5.79. The Morgan fingerprint density at radius 2 is 1.67 bits per heavy atom. The van der Waals surface area contributed by atoms with E-state index in [-0.39, 0.29) is 12.4 Å². The minimum atomic E-state index is 0. The summed E-state index contributed by atoms with van der Waals surface area (Å²) in [6, 6.07) is 12.5. The minimum absolute atomic E-state index is 0. The second-order valence-corrected chi connectivity index (χ2v) is 8.15. The lowest BCUT2D eigenvalue weighted by Crippen LogP contribution is -3.00. The molecule has 0 atom stereocenters. The topological polar surface area (TPSA) is 21.5 Å². The van der Waals surface area contributed by atoms with Crippen LogP contribution in [-0.2, 0) is 13.0 Å².